The molecule has 1 aliphatic rings. The molecular formula is C45H68N11O18+. The van der Waals surface area contributed by atoms with Crippen LogP contribution in [0.1, 0.15) is 79.5 Å². The summed E-state index contributed by atoms with van der Waals surface area (Å²) >= 11 is 0. The third-order valence-corrected chi connectivity index (χ3v) is 11.0. The number of ether oxygens (including phenoxy) is 5. The second-order valence-corrected chi connectivity index (χ2v) is 17.5. The molecule has 1 aromatic carbocycles. The molecule has 12 N–H and O–H groups in total. The van der Waals surface area contributed by atoms with E-state index < -0.39 is 137 Å². The van der Waals surface area contributed by atoms with Gasteiger partial charge >= 0.3 is 40.6 Å². The number of rotatable bonds is 28. The summed E-state index contributed by atoms with van der Waals surface area (Å²) in [5.41, 5.74) is 6.27. The molecule has 1 saturated heterocycles. The molecule has 29 heteroatoms. The van der Waals surface area contributed by atoms with Crippen LogP contribution in [-0.2, 0) is 59.1 Å². The Morgan fingerprint density at radius 3 is 2.08 bits per heavy atom. The average Bonchev–Trinajstić information content (AvgIpc) is 3.65. The lowest BCUT2D eigenvalue weighted by Crippen LogP contribution is -2.60. The number of aliphatic imine (C=N–C) groups is 1. The summed E-state index contributed by atoms with van der Waals surface area (Å²) in [6, 6.07) is 2.95. The van der Waals surface area contributed by atoms with E-state index >= 15 is 0 Å². The molecular weight excluding hydrogens is 983 g/mol. The lowest BCUT2D eigenvalue weighted by atomic mass is 9.98. The number of hydrazine groups is 1. The number of hydrogen-bond acceptors (Lipinski definition) is 19. The van der Waals surface area contributed by atoms with E-state index in [-0.39, 0.29) is 52.1 Å². The van der Waals surface area contributed by atoms with E-state index in [0.29, 0.717) is 5.56 Å². The number of nitrogens with zero attached hydrogens (tertiary/aromatic N) is 3. The summed E-state index contributed by atoms with van der Waals surface area (Å²) in [6.07, 6.45) is -8.97. The average molecular weight is 1050 g/mol. The van der Waals surface area contributed by atoms with E-state index in [1.165, 1.54) is 6.92 Å². The first-order valence-corrected chi connectivity index (χ1v) is 23.6. The maximum atomic E-state index is 14.0. The van der Waals surface area contributed by atoms with Crippen LogP contribution in [-0.4, -0.2) is 159 Å². The number of aliphatic hydroxyl groups is 2. The second-order valence-electron chi connectivity index (χ2n) is 17.5. The third kappa shape index (κ3) is 19.2. The molecule has 10 unspecified atom stereocenters. The molecule has 0 radical (unpaired) electrons. The van der Waals surface area contributed by atoms with Crippen LogP contribution in [0.3, 0.4) is 0 Å². The van der Waals surface area contributed by atoms with Gasteiger partial charge in [-0.05, 0) is 55.6 Å². The summed E-state index contributed by atoms with van der Waals surface area (Å²) in [6.45, 7) is 9.36. The molecule has 0 aliphatic carbocycles. The van der Waals surface area contributed by atoms with E-state index in [1.54, 1.807) is 63.5 Å². The molecule has 0 bridgehead atoms. The van der Waals surface area contributed by atoms with Crippen LogP contribution in [0.25, 0.3) is 0 Å². The lowest BCUT2D eigenvalue weighted by molar-refractivity contribution is -0.822. The summed E-state index contributed by atoms with van der Waals surface area (Å²) in [4.78, 5) is 133. The molecule has 1 aliphatic heterocycles. The van der Waals surface area contributed by atoms with Crippen molar-refractivity contribution in [3.63, 3.8) is 0 Å². The highest BCUT2D eigenvalue weighted by molar-refractivity contribution is 5.93. The van der Waals surface area contributed by atoms with E-state index in [0.717, 1.165) is 30.7 Å². The molecule has 0 spiro atoms. The number of aliphatic hydroxyl groups excluding tert-OH is 2. The van der Waals surface area contributed by atoms with Crippen LogP contribution >= 0.6 is 0 Å². The zero-order valence-electron chi connectivity index (χ0n) is 42.0. The van der Waals surface area contributed by atoms with E-state index in [9.17, 15) is 58.3 Å². The van der Waals surface area contributed by atoms with Crippen LogP contribution < -0.4 is 49.0 Å². The Hall–Kier alpha value is -7.50. The van der Waals surface area contributed by atoms with Crippen molar-refractivity contribution in [3.05, 3.63) is 73.9 Å². The quantitative estimate of drug-likeness (QED) is 0.0104. The zero-order chi connectivity index (χ0) is 55.2. The second kappa shape index (κ2) is 29.9. The van der Waals surface area contributed by atoms with Gasteiger partial charge in [0.15, 0.2) is 18.4 Å². The van der Waals surface area contributed by atoms with E-state index in [2.05, 4.69) is 31.6 Å². The van der Waals surface area contributed by atoms with E-state index in [4.69, 9.17) is 34.6 Å². The van der Waals surface area contributed by atoms with Gasteiger partial charge in [0.1, 0.15) is 47.9 Å². The van der Waals surface area contributed by atoms with Gasteiger partial charge in [-0.25, -0.2) is 24.6 Å². The number of carbonyl (C=O) groups is 7. The van der Waals surface area contributed by atoms with Crippen molar-refractivity contribution in [3.8, 4) is 0 Å². The molecule has 410 valence electrons. The summed E-state index contributed by atoms with van der Waals surface area (Å²) < 4.78 is 28.2. The van der Waals surface area contributed by atoms with Gasteiger partial charge in [0.25, 0.3) is 11.5 Å². The Morgan fingerprint density at radius 1 is 0.838 bits per heavy atom. The van der Waals surface area contributed by atoms with Gasteiger partial charge in [0.05, 0.1) is 12.7 Å². The molecule has 1 aromatic heterocycles. The largest absolute Gasteiger partial charge is 0.465 e. The highest BCUT2D eigenvalue weighted by atomic mass is 16.7. The van der Waals surface area contributed by atoms with Gasteiger partial charge < -0.3 is 66.2 Å². The van der Waals surface area contributed by atoms with Crippen LogP contribution in [0.4, 0.5) is 4.79 Å². The van der Waals surface area contributed by atoms with Crippen LogP contribution in [0.15, 0.2) is 57.2 Å². The highest BCUT2D eigenvalue weighted by Crippen LogP contribution is 2.35. The topological polar surface area (TPSA) is 412 Å². The van der Waals surface area contributed by atoms with Crippen molar-refractivity contribution in [2.24, 2.45) is 22.6 Å². The Labute approximate surface area is 424 Å². The first kappa shape index (κ1) is 60.8. The van der Waals surface area contributed by atoms with Crippen molar-refractivity contribution in [1.82, 2.24) is 41.6 Å². The summed E-state index contributed by atoms with van der Waals surface area (Å²) in [5.74, 6) is -6.94. The lowest BCUT2D eigenvalue weighted by Gasteiger charge is -2.30. The fourth-order valence-electron chi connectivity index (χ4n) is 7.37. The van der Waals surface area contributed by atoms with E-state index in [1.807, 2.05) is 4.98 Å². The zero-order valence-corrected chi connectivity index (χ0v) is 42.0. The number of H-pyrrole nitrogens is 1. The van der Waals surface area contributed by atoms with Crippen molar-refractivity contribution >= 4 is 47.7 Å². The number of aromatic amines is 1. The molecule has 3 rings (SSSR count). The number of benzene rings is 1. The normalized spacial score (nSPS) is 18.9. The molecule has 10 atom stereocenters. The standard InChI is InChI=1S/C45H67N11O18/c1-8-70-42(65)32(34(61)35-36(72-25(6)57)37(73-26(7)58)40(74-35)55-21-17-29(59)51-45(55)67)47-19-13-20-48-39(63)31(33(60)24(4)5)52-38(62)28(16-12-18-49-43(46)54-56(68)69)50-44(66)53-30(23(2)3)41(64)71-22-27-14-10-9-11-15-27/h9-11,14-15,17,21,23-24,28,30-37,40,47,60-61H,8,12-13,16,18-20,22H2,1-7H3,(H8-,46,48,49,50,51,52,53,54,59,62,63,66,67,68,69)/p+1. The number of carbonyl (C=O) groups excluding carboxylic acids is 7. The maximum Gasteiger partial charge on any atom is 0.362 e. The number of urea groups is 1. The van der Waals surface area contributed by atoms with Gasteiger partial charge in [-0.2, -0.15) is 0 Å². The maximum absolute atomic E-state index is 14.0. The van der Waals surface area contributed by atoms with Gasteiger partial charge in [0.2, 0.25) is 11.8 Å². The van der Waals surface area contributed by atoms with Crippen molar-refractivity contribution < 1.29 is 77.7 Å². The summed E-state index contributed by atoms with van der Waals surface area (Å²) in [5, 5.41) is 44.0. The molecule has 2 heterocycles. The Balaban J connectivity index is 1.78. The fourth-order valence-corrected chi connectivity index (χ4v) is 7.37. The third-order valence-electron chi connectivity index (χ3n) is 11.0. The van der Waals surface area contributed by atoms with Gasteiger partial charge in [-0.1, -0.05) is 58.0 Å². The molecule has 29 nitrogen and oxygen atoms in total. The van der Waals surface area contributed by atoms with Gasteiger partial charge in [-0.15, -0.1) is 0 Å². The minimum atomic E-state index is -1.94. The van der Waals surface area contributed by atoms with Gasteiger partial charge in [-0.3, -0.25) is 38.3 Å². The minimum Gasteiger partial charge on any atom is -0.465 e. The molecule has 2 aromatic rings. The Kier molecular flexibility index (Phi) is 24.5. The SMILES string of the molecule is CCOC(=O)C(NCCCNC(=O)C(NC(=O)C(CCCN=C(N)N[N+](=O)O)NC(=O)NC(C(=O)OCc1ccccc1)C(C)C)C(O)C(C)C)C(O)C1OC(n2ccc(=O)[nH]c2=O)C(OC(C)=O)C1OC(C)=O. The van der Waals surface area contributed by atoms with Crippen LogP contribution in [0.5, 0.6) is 0 Å². The predicted octanol–water partition coefficient (Wildman–Crippen LogP) is -2.61. The fraction of sp³-hybridized carbons (Fsp3) is 0.600. The number of aromatic nitrogens is 2. The molecule has 74 heavy (non-hydrogen) atoms. The van der Waals surface area contributed by atoms with Crippen LogP contribution in [0.2, 0.25) is 0 Å². The first-order chi connectivity index (χ1) is 34.9. The molecule has 0 saturated carbocycles. The van der Waals surface area contributed by atoms with Crippen molar-refractivity contribution in [1.29, 1.82) is 0 Å². The number of esters is 4. The number of nitrogens with one attached hydrogen (secondary N) is 7. The van der Waals surface area contributed by atoms with Crippen molar-refractivity contribution in [2.45, 2.75) is 135 Å². The minimum absolute atomic E-state index is 0.0191. The first-order valence-electron chi connectivity index (χ1n) is 23.6. The summed E-state index contributed by atoms with van der Waals surface area (Å²) in [7, 11) is 0. The Morgan fingerprint density at radius 2 is 1.49 bits per heavy atom. The number of guanidine groups is 1. The monoisotopic (exact) mass is 1050 g/mol. The number of amides is 4. The predicted molar refractivity (Wildman–Crippen MR) is 256 cm³/mol. The van der Waals surface area contributed by atoms with Gasteiger partial charge in [0, 0.05) is 39.2 Å². The molecule has 4 amide bonds. The van der Waals surface area contributed by atoms with Crippen LogP contribution in [0, 0.1) is 16.7 Å². The Bertz CT molecular complexity index is 2380. The highest BCUT2D eigenvalue weighted by Gasteiger charge is 2.55. The van der Waals surface area contributed by atoms with Crippen molar-refractivity contribution in [2.75, 3.05) is 26.2 Å². The molecule has 1 fully saturated rings. The number of hydrogen-bond donors (Lipinski definition) is 11. The number of nitrogens with two attached hydrogens (primary N) is 1. The smallest absolute Gasteiger partial charge is 0.362 e.